The minimum Gasteiger partial charge on any atom is -0.496 e. The summed E-state index contributed by atoms with van der Waals surface area (Å²) in [5.74, 6) is 0.113. The van der Waals surface area contributed by atoms with E-state index in [1.54, 1.807) is 0 Å². The van der Waals surface area contributed by atoms with Crippen molar-refractivity contribution in [2.75, 3.05) is 7.11 Å². The zero-order valence-electron chi connectivity index (χ0n) is 9.12. The number of methoxy groups -OCH3 is 1. The zero-order valence-corrected chi connectivity index (χ0v) is 9.94. The largest absolute Gasteiger partial charge is 0.496 e. The summed E-state index contributed by atoms with van der Waals surface area (Å²) in [6.45, 7) is 3.48. The van der Waals surface area contributed by atoms with Crippen LogP contribution < -0.4 is 10.5 Å². The van der Waals surface area contributed by atoms with Crippen LogP contribution in [0.5, 0.6) is 5.75 Å². The summed E-state index contributed by atoms with van der Waals surface area (Å²) >= 11 is 0. The summed E-state index contributed by atoms with van der Waals surface area (Å²) in [6, 6.07) is 2.66. The Kier molecular flexibility index (Phi) is 5.51. The molecule has 1 aromatic carbocycles. The van der Waals surface area contributed by atoms with Crippen molar-refractivity contribution in [3.05, 3.63) is 42.0 Å². The van der Waals surface area contributed by atoms with Crippen molar-refractivity contribution in [3.8, 4) is 5.75 Å². The van der Waals surface area contributed by atoms with Gasteiger partial charge in [0, 0.05) is 5.56 Å². The Bertz CT molecular complexity index is 393. The van der Waals surface area contributed by atoms with Gasteiger partial charge in [-0.3, -0.25) is 0 Å². The van der Waals surface area contributed by atoms with Crippen molar-refractivity contribution < 1.29 is 17.9 Å². The maximum absolute atomic E-state index is 12.4. The molecule has 2 nitrogen and oxygen atoms in total. The van der Waals surface area contributed by atoms with Crippen molar-refractivity contribution >= 4 is 12.4 Å². The van der Waals surface area contributed by atoms with Crippen LogP contribution >= 0.6 is 12.4 Å². The van der Waals surface area contributed by atoms with E-state index in [4.69, 9.17) is 10.5 Å². The molecule has 0 saturated heterocycles. The molecule has 1 aromatic rings. The molecular formula is C11H13ClF3NO. The molecule has 0 heterocycles. The Morgan fingerprint density at radius 1 is 1.41 bits per heavy atom. The second kappa shape index (κ2) is 5.93. The number of hydrogen-bond acceptors (Lipinski definition) is 2. The Labute approximate surface area is 104 Å². The van der Waals surface area contributed by atoms with Gasteiger partial charge in [0.05, 0.1) is 18.7 Å². The molecule has 17 heavy (non-hydrogen) atoms. The first-order valence-corrected chi connectivity index (χ1v) is 4.53. The van der Waals surface area contributed by atoms with Crippen molar-refractivity contribution in [3.63, 3.8) is 0 Å². The molecule has 2 N–H and O–H groups in total. The predicted molar refractivity (Wildman–Crippen MR) is 62.4 cm³/mol. The summed E-state index contributed by atoms with van der Waals surface area (Å²) in [7, 11) is 1.30. The SMILES string of the molecule is C=C[C@@H](N)c1ccc(C(F)(F)F)cc1OC.Cl. The Balaban J connectivity index is 0.00000256. The van der Waals surface area contributed by atoms with Gasteiger partial charge in [0.15, 0.2) is 0 Å². The van der Waals surface area contributed by atoms with Gasteiger partial charge >= 0.3 is 6.18 Å². The summed E-state index contributed by atoms with van der Waals surface area (Å²) in [4.78, 5) is 0. The Hall–Kier alpha value is -1.20. The number of ether oxygens (including phenoxy) is 1. The Morgan fingerprint density at radius 3 is 2.41 bits per heavy atom. The van der Waals surface area contributed by atoms with Crippen molar-refractivity contribution in [1.82, 2.24) is 0 Å². The second-order valence-corrected chi connectivity index (χ2v) is 3.22. The normalized spacial score (nSPS) is 12.5. The van der Waals surface area contributed by atoms with Gasteiger partial charge in [0.1, 0.15) is 5.75 Å². The van der Waals surface area contributed by atoms with E-state index in [1.807, 2.05) is 0 Å². The van der Waals surface area contributed by atoms with E-state index in [-0.39, 0.29) is 18.2 Å². The van der Waals surface area contributed by atoms with E-state index in [0.717, 1.165) is 12.1 Å². The summed E-state index contributed by atoms with van der Waals surface area (Å²) in [5, 5.41) is 0. The first-order chi connectivity index (χ1) is 7.40. The van der Waals surface area contributed by atoms with Crippen molar-refractivity contribution in [1.29, 1.82) is 0 Å². The standard InChI is InChI=1S/C11H12F3NO.ClH/c1-3-9(15)8-5-4-7(11(12,13)14)6-10(8)16-2;/h3-6,9H,1,15H2,2H3;1H/t9-;/m1./s1. The van der Waals surface area contributed by atoms with Gasteiger partial charge in [-0.2, -0.15) is 13.2 Å². The van der Waals surface area contributed by atoms with E-state index in [0.29, 0.717) is 5.56 Å². The molecule has 0 aromatic heterocycles. The van der Waals surface area contributed by atoms with Gasteiger partial charge in [-0.15, -0.1) is 19.0 Å². The minimum atomic E-state index is -4.38. The van der Waals surface area contributed by atoms with Crippen LogP contribution in [0.25, 0.3) is 0 Å². The molecule has 96 valence electrons. The number of alkyl halides is 3. The minimum absolute atomic E-state index is 0. The summed E-state index contributed by atoms with van der Waals surface area (Å²) < 4.78 is 42.1. The van der Waals surface area contributed by atoms with E-state index in [9.17, 15) is 13.2 Å². The molecule has 0 fully saturated rings. The Morgan fingerprint density at radius 2 is 2.00 bits per heavy atom. The average molecular weight is 268 g/mol. The third kappa shape index (κ3) is 3.64. The highest BCUT2D eigenvalue weighted by molar-refractivity contribution is 5.85. The van der Waals surface area contributed by atoms with Crippen molar-refractivity contribution in [2.45, 2.75) is 12.2 Å². The van der Waals surface area contributed by atoms with Crippen LogP contribution in [-0.2, 0) is 6.18 Å². The molecular weight excluding hydrogens is 255 g/mol. The smallest absolute Gasteiger partial charge is 0.416 e. The van der Waals surface area contributed by atoms with Crippen molar-refractivity contribution in [2.24, 2.45) is 5.73 Å². The molecule has 0 amide bonds. The van der Waals surface area contributed by atoms with Gasteiger partial charge in [-0.1, -0.05) is 12.1 Å². The highest BCUT2D eigenvalue weighted by Crippen LogP contribution is 2.34. The maximum atomic E-state index is 12.4. The molecule has 0 bridgehead atoms. The van der Waals surface area contributed by atoms with Crippen LogP contribution in [0, 0.1) is 0 Å². The van der Waals surface area contributed by atoms with Gasteiger partial charge in [-0.25, -0.2) is 0 Å². The third-order valence-corrected chi connectivity index (χ3v) is 2.17. The second-order valence-electron chi connectivity index (χ2n) is 3.22. The van der Waals surface area contributed by atoms with Crippen LogP contribution in [0.3, 0.4) is 0 Å². The monoisotopic (exact) mass is 267 g/mol. The predicted octanol–water partition coefficient (Wildman–Crippen LogP) is 3.32. The fraction of sp³-hybridized carbons (Fsp3) is 0.273. The fourth-order valence-electron chi connectivity index (χ4n) is 1.29. The maximum Gasteiger partial charge on any atom is 0.416 e. The lowest BCUT2D eigenvalue weighted by molar-refractivity contribution is -0.137. The van der Waals surface area contributed by atoms with Crippen LogP contribution in [0.1, 0.15) is 17.2 Å². The molecule has 0 spiro atoms. The summed E-state index contributed by atoms with van der Waals surface area (Å²) in [5.41, 5.74) is 5.37. The zero-order chi connectivity index (χ0) is 12.3. The third-order valence-electron chi connectivity index (χ3n) is 2.17. The molecule has 0 unspecified atom stereocenters. The number of rotatable bonds is 3. The van der Waals surface area contributed by atoms with Crippen LogP contribution in [0.15, 0.2) is 30.9 Å². The lowest BCUT2D eigenvalue weighted by Crippen LogP contribution is -2.11. The van der Waals surface area contributed by atoms with E-state index < -0.39 is 17.8 Å². The molecule has 1 atom stereocenters. The first kappa shape index (κ1) is 15.8. The first-order valence-electron chi connectivity index (χ1n) is 4.53. The summed E-state index contributed by atoms with van der Waals surface area (Å²) in [6.07, 6.45) is -2.95. The van der Waals surface area contributed by atoms with E-state index in [2.05, 4.69) is 6.58 Å². The molecule has 0 aliphatic rings. The number of benzene rings is 1. The van der Waals surface area contributed by atoms with E-state index in [1.165, 1.54) is 19.3 Å². The van der Waals surface area contributed by atoms with Gasteiger partial charge < -0.3 is 10.5 Å². The van der Waals surface area contributed by atoms with Crippen LogP contribution in [0.2, 0.25) is 0 Å². The molecule has 0 saturated carbocycles. The molecule has 0 aliphatic heterocycles. The van der Waals surface area contributed by atoms with Crippen LogP contribution in [0.4, 0.5) is 13.2 Å². The van der Waals surface area contributed by atoms with Gasteiger partial charge in [-0.05, 0) is 12.1 Å². The lowest BCUT2D eigenvalue weighted by atomic mass is 10.0. The number of hydrogen-bond donors (Lipinski definition) is 1. The van der Waals surface area contributed by atoms with Crippen LogP contribution in [-0.4, -0.2) is 7.11 Å². The fourth-order valence-corrected chi connectivity index (χ4v) is 1.29. The molecule has 0 radical (unpaired) electrons. The number of halogens is 4. The van der Waals surface area contributed by atoms with Gasteiger partial charge in [0.2, 0.25) is 0 Å². The topological polar surface area (TPSA) is 35.2 Å². The molecule has 1 rings (SSSR count). The van der Waals surface area contributed by atoms with E-state index >= 15 is 0 Å². The molecule has 0 aliphatic carbocycles. The van der Waals surface area contributed by atoms with Gasteiger partial charge in [0.25, 0.3) is 0 Å². The highest BCUT2D eigenvalue weighted by atomic mass is 35.5. The lowest BCUT2D eigenvalue weighted by Gasteiger charge is -2.15. The average Bonchev–Trinajstić information content (AvgIpc) is 2.26. The quantitative estimate of drug-likeness (QED) is 0.853. The molecule has 6 heteroatoms. The highest BCUT2D eigenvalue weighted by Gasteiger charge is 2.31. The number of nitrogens with two attached hydrogens (primary N) is 1.